The molecule has 2 rings (SSSR count). The molecule has 0 radical (unpaired) electrons. The van der Waals surface area contributed by atoms with Gasteiger partial charge in [-0.3, -0.25) is 9.78 Å². The van der Waals surface area contributed by atoms with Crippen LogP contribution in [-0.2, 0) is 16.1 Å². The molecule has 2 amide bonds. The lowest BCUT2D eigenvalue weighted by atomic mass is 10.1. The predicted octanol–water partition coefficient (Wildman–Crippen LogP) is 0.908. The van der Waals surface area contributed by atoms with Crippen LogP contribution in [0.25, 0.3) is 0 Å². The molecule has 1 fully saturated rings. The molecule has 1 aromatic rings. The first-order valence-corrected chi connectivity index (χ1v) is 8.00. The molecular formula is C16H24N4O3. The van der Waals surface area contributed by atoms with Crippen LogP contribution >= 0.6 is 0 Å². The molecule has 0 atom stereocenters. The third-order valence-electron chi connectivity index (χ3n) is 3.77. The largest absolute Gasteiger partial charge is 0.450 e. The van der Waals surface area contributed by atoms with Crippen LogP contribution in [0.4, 0.5) is 4.79 Å². The van der Waals surface area contributed by atoms with Gasteiger partial charge in [0.2, 0.25) is 5.91 Å². The van der Waals surface area contributed by atoms with Crippen LogP contribution < -0.4 is 10.6 Å². The van der Waals surface area contributed by atoms with E-state index in [0.717, 1.165) is 18.5 Å². The smallest absolute Gasteiger partial charge is 0.409 e. The zero-order chi connectivity index (χ0) is 16.5. The Bertz CT molecular complexity index is 501. The van der Waals surface area contributed by atoms with Crippen LogP contribution in [0.1, 0.15) is 25.5 Å². The standard InChI is InChI=1S/C16H24N4O3/c1-2-23-16(22)20-9-6-13(7-10-20)18-12-15(21)19-11-14-5-3-4-8-17-14/h3-5,8,13,18H,2,6-7,9-12H2,1H3,(H,19,21). The van der Waals surface area contributed by atoms with Gasteiger partial charge < -0.3 is 20.3 Å². The van der Waals surface area contributed by atoms with E-state index in [1.54, 1.807) is 18.0 Å². The van der Waals surface area contributed by atoms with Gasteiger partial charge in [0.15, 0.2) is 0 Å². The molecule has 0 aromatic carbocycles. The summed E-state index contributed by atoms with van der Waals surface area (Å²) in [5, 5.41) is 6.07. The first kappa shape index (κ1) is 17.2. The van der Waals surface area contributed by atoms with E-state index in [0.29, 0.717) is 26.2 Å². The van der Waals surface area contributed by atoms with Gasteiger partial charge in [0.05, 0.1) is 25.4 Å². The fourth-order valence-corrected chi connectivity index (χ4v) is 2.47. The Balaban J connectivity index is 1.61. The second-order valence-electron chi connectivity index (χ2n) is 5.44. The molecule has 1 aliphatic rings. The maximum Gasteiger partial charge on any atom is 0.409 e. The number of hydrogen-bond donors (Lipinski definition) is 2. The number of nitrogens with zero attached hydrogens (tertiary/aromatic N) is 2. The summed E-state index contributed by atoms with van der Waals surface area (Å²) in [5.74, 6) is -0.0523. The van der Waals surface area contributed by atoms with Crippen LogP contribution in [0.15, 0.2) is 24.4 Å². The van der Waals surface area contributed by atoms with Gasteiger partial charge in [-0.2, -0.15) is 0 Å². The molecule has 2 N–H and O–H groups in total. The fourth-order valence-electron chi connectivity index (χ4n) is 2.47. The third-order valence-corrected chi connectivity index (χ3v) is 3.77. The number of carbonyl (C=O) groups excluding carboxylic acids is 2. The molecule has 0 saturated carbocycles. The van der Waals surface area contributed by atoms with Crippen molar-refractivity contribution in [2.45, 2.75) is 32.4 Å². The number of piperidine rings is 1. The van der Waals surface area contributed by atoms with Crippen molar-refractivity contribution < 1.29 is 14.3 Å². The maximum absolute atomic E-state index is 11.8. The van der Waals surface area contributed by atoms with Crippen molar-refractivity contribution in [2.75, 3.05) is 26.2 Å². The number of ether oxygens (including phenoxy) is 1. The zero-order valence-electron chi connectivity index (χ0n) is 13.5. The van der Waals surface area contributed by atoms with Crippen molar-refractivity contribution in [3.63, 3.8) is 0 Å². The van der Waals surface area contributed by atoms with E-state index in [1.807, 2.05) is 18.2 Å². The van der Waals surface area contributed by atoms with E-state index in [9.17, 15) is 9.59 Å². The second-order valence-corrected chi connectivity index (χ2v) is 5.44. The molecule has 126 valence electrons. The highest BCUT2D eigenvalue weighted by Gasteiger charge is 2.23. The normalized spacial score (nSPS) is 15.3. The Morgan fingerprint density at radius 3 is 2.78 bits per heavy atom. The maximum atomic E-state index is 11.8. The minimum atomic E-state index is -0.251. The summed E-state index contributed by atoms with van der Waals surface area (Å²) in [6, 6.07) is 5.86. The van der Waals surface area contributed by atoms with Crippen molar-refractivity contribution in [1.82, 2.24) is 20.5 Å². The number of likely N-dealkylation sites (tertiary alicyclic amines) is 1. The van der Waals surface area contributed by atoms with E-state index in [-0.39, 0.29) is 24.6 Å². The van der Waals surface area contributed by atoms with E-state index in [1.165, 1.54) is 0 Å². The molecule has 1 saturated heterocycles. The van der Waals surface area contributed by atoms with Crippen LogP contribution in [0.3, 0.4) is 0 Å². The van der Waals surface area contributed by atoms with Crippen LogP contribution in [-0.4, -0.2) is 54.2 Å². The minimum absolute atomic E-state index is 0.0523. The first-order chi connectivity index (χ1) is 11.2. The van der Waals surface area contributed by atoms with Gasteiger partial charge in [-0.05, 0) is 31.9 Å². The number of amides is 2. The molecule has 23 heavy (non-hydrogen) atoms. The van der Waals surface area contributed by atoms with Crippen LogP contribution in [0.2, 0.25) is 0 Å². The highest BCUT2D eigenvalue weighted by Crippen LogP contribution is 2.11. The minimum Gasteiger partial charge on any atom is -0.450 e. The highest BCUT2D eigenvalue weighted by atomic mass is 16.6. The molecule has 2 heterocycles. The SMILES string of the molecule is CCOC(=O)N1CCC(NCC(=O)NCc2ccccn2)CC1. The highest BCUT2D eigenvalue weighted by molar-refractivity contribution is 5.77. The monoisotopic (exact) mass is 320 g/mol. The van der Waals surface area contributed by atoms with E-state index < -0.39 is 0 Å². The summed E-state index contributed by atoms with van der Waals surface area (Å²) in [6.45, 7) is 4.22. The molecule has 0 bridgehead atoms. The quantitative estimate of drug-likeness (QED) is 0.814. The summed E-state index contributed by atoms with van der Waals surface area (Å²) in [5.41, 5.74) is 0.837. The molecule has 1 aliphatic heterocycles. The number of aromatic nitrogens is 1. The fraction of sp³-hybridized carbons (Fsp3) is 0.562. The molecule has 0 spiro atoms. The number of pyridine rings is 1. The predicted molar refractivity (Wildman–Crippen MR) is 85.7 cm³/mol. The first-order valence-electron chi connectivity index (χ1n) is 8.00. The van der Waals surface area contributed by atoms with Crippen molar-refractivity contribution >= 4 is 12.0 Å². The Morgan fingerprint density at radius 1 is 1.35 bits per heavy atom. The van der Waals surface area contributed by atoms with Crippen LogP contribution in [0.5, 0.6) is 0 Å². The lowest BCUT2D eigenvalue weighted by Crippen LogP contribution is -2.47. The lowest BCUT2D eigenvalue weighted by Gasteiger charge is -2.31. The Hall–Kier alpha value is -2.15. The summed E-state index contributed by atoms with van der Waals surface area (Å²) in [4.78, 5) is 29.3. The molecular weight excluding hydrogens is 296 g/mol. The van der Waals surface area contributed by atoms with Crippen molar-refractivity contribution in [1.29, 1.82) is 0 Å². The summed E-state index contributed by atoms with van der Waals surface area (Å²) >= 11 is 0. The number of nitrogens with one attached hydrogen (secondary N) is 2. The van der Waals surface area contributed by atoms with Gasteiger partial charge in [0.1, 0.15) is 0 Å². The Kier molecular flexibility index (Phi) is 6.80. The van der Waals surface area contributed by atoms with Gasteiger partial charge in [0, 0.05) is 25.3 Å². The number of carbonyl (C=O) groups is 2. The molecule has 0 aliphatic carbocycles. The zero-order valence-corrected chi connectivity index (χ0v) is 13.5. The Labute approximate surface area is 136 Å². The topological polar surface area (TPSA) is 83.6 Å². The summed E-state index contributed by atoms with van der Waals surface area (Å²) in [6.07, 6.45) is 3.11. The van der Waals surface area contributed by atoms with Crippen molar-refractivity contribution in [3.8, 4) is 0 Å². The van der Waals surface area contributed by atoms with Gasteiger partial charge in [-0.15, -0.1) is 0 Å². The summed E-state index contributed by atoms with van der Waals surface area (Å²) in [7, 11) is 0. The number of hydrogen-bond acceptors (Lipinski definition) is 5. The average molecular weight is 320 g/mol. The van der Waals surface area contributed by atoms with Gasteiger partial charge in [-0.25, -0.2) is 4.79 Å². The Morgan fingerprint density at radius 2 is 2.13 bits per heavy atom. The van der Waals surface area contributed by atoms with Crippen molar-refractivity contribution in [2.24, 2.45) is 0 Å². The third kappa shape index (κ3) is 5.86. The lowest BCUT2D eigenvalue weighted by molar-refractivity contribution is -0.120. The number of rotatable bonds is 6. The van der Waals surface area contributed by atoms with E-state index >= 15 is 0 Å². The van der Waals surface area contributed by atoms with Crippen molar-refractivity contribution in [3.05, 3.63) is 30.1 Å². The molecule has 0 unspecified atom stereocenters. The average Bonchev–Trinajstić information content (AvgIpc) is 2.59. The van der Waals surface area contributed by atoms with Crippen LogP contribution in [0, 0.1) is 0 Å². The van der Waals surface area contributed by atoms with Gasteiger partial charge >= 0.3 is 6.09 Å². The van der Waals surface area contributed by atoms with Gasteiger partial charge in [0.25, 0.3) is 0 Å². The second kappa shape index (κ2) is 9.09. The molecule has 7 heteroatoms. The van der Waals surface area contributed by atoms with Gasteiger partial charge in [-0.1, -0.05) is 6.07 Å². The summed E-state index contributed by atoms with van der Waals surface area (Å²) < 4.78 is 4.99. The molecule has 1 aromatic heterocycles. The van der Waals surface area contributed by atoms with E-state index in [2.05, 4.69) is 15.6 Å². The van der Waals surface area contributed by atoms with E-state index in [4.69, 9.17) is 4.74 Å². The molecule has 7 nitrogen and oxygen atoms in total.